The lowest BCUT2D eigenvalue weighted by atomic mass is 9.98. The zero-order valence-corrected chi connectivity index (χ0v) is 23.1. The molecule has 2 atom stereocenters. The molecule has 0 aromatic heterocycles. The Morgan fingerprint density at radius 3 is 2.29 bits per heavy atom. The first-order valence-corrected chi connectivity index (χ1v) is 12.8. The van der Waals surface area contributed by atoms with E-state index in [1.807, 2.05) is 32.9 Å². The molecule has 0 aliphatic heterocycles. The minimum Gasteiger partial charge on any atom is -0.508 e. The molecule has 2 aromatic carbocycles. The van der Waals surface area contributed by atoms with Crippen molar-refractivity contribution in [3.8, 4) is 18.2 Å². The van der Waals surface area contributed by atoms with Crippen LogP contribution in [0.2, 0.25) is 0 Å². The predicted molar refractivity (Wildman–Crippen MR) is 147 cm³/mol. The Morgan fingerprint density at radius 2 is 1.74 bits per heavy atom. The maximum atomic E-state index is 13.9. The minimum absolute atomic E-state index is 0.0631. The molecule has 0 saturated heterocycles. The van der Waals surface area contributed by atoms with Crippen molar-refractivity contribution in [3.63, 3.8) is 0 Å². The fourth-order valence-corrected chi connectivity index (χ4v) is 3.79. The Labute approximate surface area is 225 Å². The van der Waals surface area contributed by atoms with Crippen LogP contribution in [0.1, 0.15) is 68.8 Å². The summed E-state index contributed by atoms with van der Waals surface area (Å²) in [5.41, 5.74) is 2.43. The molecular formula is C30H39N3O5. The third kappa shape index (κ3) is 8.84. The monoisotopic (exact) mass is 521 g/mol. The van der Waals surface area contributed by atoms with Gasteiger partial charge in [0.1, 0.15) is 23.4 Å². The van der Waals surface area contributed by atoms with E-state index >= 15 is 0 Å². The van der Waals surface area contributed by atoms with Crippen LogP contribution in [0.25, 0.3) is 0 Å². The largest absolute Gasteiger partial charge is 0.508 e. The van der Waals surface area contributed by atoms with Crippen LogP contribution in [0.5, 0.6) is 5.75 Å². The maximum absolute atomic E-state index is 13.9. The summed E-state index contributed by atoms with van der Waals surface area (Å²) in [6.07, 6.45) is 6.79. The van der Waals surface area contributed by atoms with Gasteiger partial charge in [-0.25, -0.2) is 4.79 Å². The van der Waals surface area contributed by atoms with Gasteiger partial charge in [0.2, 0.25) is 5.91 Å². The van der Waals surface area contributed by atoms with E-state index in [2.05, 4.69) is 16.7 Å². The standard InChI is InChI=1S/C30H39N3O5/c1-8-10-17-31-27(35)26(23-14-11-20(3)21(4)18-23)33(9-2)28(36)25(32-29(37)38-30(5,6)7)19-22-12-15-24(34)16-13-22/h2,11-16,18,25-26,34H,8,10,17,19H2,1,3-7H3,(H,31,35)(H,32,37). The number of benzene rings is 2. The van der Waals surface area contributed by atoms with E-state index in [4.69, 9.17) is 11.2 Å². The van der Waals surface area contributed by atoms with Gasteiger partial charge >= 0.3 is 6.09 Å². The van der Waals surface area contributed by atoms with Crippen molar-refractivity contribution in [1.29, 1.82) is 0 Å². The van der Waals surface area contributed by atoms with Gasteiger partial charge in [-0.3, -0.25) is 14.5 Å². The summed E-state index contributed by atoms with van der Waals surface area (Å²) >= 11 is 0. The van der Waals surface area contributed by atoms with Gasteiger partial charge in [-0.1, -0.05) is 50.1 Å². The van der Waals surface area contributed by atoms with Crippen LogP contribution in [0.4, 0.5) is 4.79 Å². The number of hydrogen-bond donors (Lipinski definition) is 3. The molecule has 3 N–H and O–H groups in total. The SMILES string of the molecule is C#CN(C(=O)C(Cc1ccc(O)cc1)NC(=O)OC(C)(C)C)C(C(=O)NCCCC)c1ccc(C)c(C)c1. The van der Waals surface area contributed by atoms with Gasteiger partial charge in [0.05, 0.1) is 0 Å². The molecule has 2 aromatic rings. The number of phenolic OH excluding ortho intramolecular Hbond substituents is 1. The Bertz CT molecular complexity index is 1160. The zero-order chi connectivity index (χ0) is 28.5. The number of aromatic hydroxyl groups is 1. The summed E-state index contributed by atoms with van der Waals surface area (Å²) in [6, 6.07) is 11.9. The fraction of sp³-hybridized carbons (Fsp3) is 0.433. The summed E-state index contributed by atoms with van der Waals surface area (Å²) in [4.78, 5) is 41.1. The second-order valence-electron chi connectivity index (χ2n) is 10.3. The summed E-state index contributed by atoms with van der Waals surface area (Å²) in [5.74, 6) is -0.977. The van der Waals surface area contributed by atoms with Crippen LogP contribution >= 0.6 is 0 Å². The Hall–Kier alpha value is -3.99. The van der Waals surface area contributed by atoms with Gasteiger partial charge in [0.15, 0.2) is 0 Å². The molecule has 0 radical (unpaired) electrons. The lowest BCUT2D eigenvalue weighted by molar-refractivity contribution is -0.138. The Morgan fingerprint density at radius 1 is 1.08 bits per heavy atom. The number of nitrogens with zero attached hydrogens (tertiary/aromatic N) is 1. The number of alkyl carbamates (subject to hydrolysis) is 1. The van der Waals surface area contributed by atoms with Gasteiger partial charge in [0.25, 0.3) is 5.91 Å². The van der Waals surface area contributed by atoms with Crippen LogP contribution < -0.4 is 10.6 Å². The highest BCUT2D eigenvalue weighted by atomic mass is 16.6. The molecule has 8 heteroatoms. The smallest absolute Gasteiger partial charge is 0.408 e. The number of terminal acetylenes is 1. The van der Waals surface area contributed by atoms with Crippen molar-refractivity contribution in [2.45, 2.75) is 78.5 Å². The Balaban J connectivity index is 2.49. The third-order valence-electron chi connectivity index (χ3n) is 5.92. The number of carbonyl (C=O) groups is 3. The van der Waals surface area contributed by atoms with Crippen LogP contribution in [-0.2, 0) is 20.7 Å². The molecule has 0 heterocycles. The second-order valence-corrected chi connectivity index (χ2v) is 10.3. The number of phenols is 1. The van der Waals surface area contributed by atoms with Crippen molar-refractivity contribution in [1.82, 2.24) is 15.5 Å². The first-order chi connectivity index (χ1) is 17.9. The molecule has 0 fully saturated rings. The van der Waals surface area contributed by atoms with Gasteiger partial charge in [-0.05, 0) is 75.4 Å². The number of aryl methyl sites for hydroxylation is 2. The number of nitrogens with one attached hydrogen (secondary N) is 2. The van der Waals surface area contributed by atoms with Crippen LogP contribution in [-0.4, -0.2) is 46.1 Å². The number of ether oxygens (including phenoxy) is 1. The average molecular weight is 522 g/mol. The van der Waals surface area contributed by atoms with Crippen LogP contribution in [0.15, 0.2) is 42.5 Å². The zero-order valence-electron chi connectivity index (χ0n) is 23.1. The highest BCUT2D eigenvalue weighted by Gasteiger charge is 2.36. The number of carbonyl (C=O) groups excluding carboxylic acids is 3. The van der Waals surface area contributed by atoms with E-state index in [0.29, 0.717) is 17.7 Å². The van der Waals surface area contributed by atoms with Crippen molar-refractivity contribution in [2.24, 2.45) is 0 Å². The summed E-state index contributed by atoms with van der Waals surface area (Å²) < 4.78 is 5.38. The molecule has 3 amide bonds. The summed E-state index contributed by atoms with van der Waals surface area (Å²) in [5, 5.41) is 15.2. The van der Waals surface area contributed by atoms with Crippen molar-refractivity contribution < 1.29 is 24.2 Å². The molecule has 8 nitrogen and oxygen atoms in total. The van der Waals surface area contributed by atoms with Gasteiger partial charge in [-0.15, -0.1) is 0 Å². The normalized spacial score (nSPS) is 12.6. The number of unbranched alkanes of at least 4 members (excludes halogenated alkanes) is 1. The van der Waals surface area contributed by atoms with Crippen molar-refractivity contribution in [2.75, 3.05) is 6.54 Å². The van der Waals surface area contributed by atoms with Crippen molar-refractivity contribution >= 4 is 17.9 Å². The molecule has 2 unspecified atom stereocenters. The molecule has 0 spiro atoms. The lowest BCUT2D eigenvalue weighted by Crippen LogP contribution is -2.52. The van der Waals surface area contributed by atoms with E-state index in [9.17, 15) is 19.5 Å². The molecule has 0 aliphatic rings. The van der Waals surface area contributed by atoms with Crippen LogP contribution in [0.3, 0.4) is 0 Å². The third-order valence-corrected chi connectivity index (χ3v) is 5.92. The van der Waals surface area contributed by atoms with Crippen molar-refractivity contribution in [3.05, 3.63) is 64.7 Å². The first-order valence-electron chi connectivity index (χ1n) is 12.8. The second kappa shape index (κ2) is 13.5. The topological polar surface area (TPSA) is 108 Å². The highest BCUT2D eigenvalue weighted by molar-refractivity contribution is 5.93. The molecule has 38 heavy (non-hydrogen) atoms. The summed E-state index contributed by atoms with van der Waals surface area (Å²) in [7, 11) is 0. The molecular weight excluding hydrogens is 482 g/mol. The molecule has 0 bridgehead atoms. The van der Waals surface area contributed by atoms with Crippen LogP contribution in [0, 0.1) is 26.3 Å². The van der Waals surface area contributed by atoms with E-state index in [1.165, 1.54) is 12.1 Å². The number of rotatable bonds is 10. The maximum Gasteiger partial charge on any atom is 0.408 e. The molecule has 204 valence electrons. The number of hydrogen-bond acceptors (Lipinski definition) is 5. The number of amides is 3. The van der Waals surface area contributed by atoms with Gasteiger partial charge in [0, 0.05) is 19.0 Å². The lowest BCUT2D eigenvalue weighted by Gasteiger charge is -2.30. The Kier molecular flexibility index (Phi) is 10.8. The predicted octanol–water partition coefficient (Wildman–Crippen LogP) is 4.52. The minimum atomic E-state index is -1.14. The van der Waals surface area contributed by atoms with E-state index < -0.39 is 35.6 Å². The molecule has 2 rings (SSSR count). The first kappa shape index (κ1) is 30.2. The fourth-order valence-electron chi connectivity index (χ4n) is 3.79. The van der Waals surface area contributed by atoms with Gasteiger partial charge in [-0.2, -0.15) is 0 Å². The molecule has 0 saturated carbocycles. The van der Waals surface area contributed by atoms with Gasteiger partial charge < -0.3 is 20.5 Å². The highest BCUT2D eigenvalue weighted by Crippen LogP contribution is 2.25. The van der Waals surface area contributed by atoms with E-state index in [0.717, 1.165) is 28.9 Å². The summed E-state index contributed by atoms with van der Waals surface area (Å²) in [6.45, 7) is 11.5. The molecule has 0 aliphatic carbocycles. The van der Waals surface area contributed by atoms with E-state index in [-0.39, 0.29) is 12.2 Å². The average Bonchev–Trinajstić information content (AvgIpc) is 2.83. The van der Waals surface area contributed by atoms with E-state index in [1.54, 1.807) is 39.0 Å². The quantitative estimate of drug-likeness (QED) is 0.242.